The highest BCUT2D eigenvalue weighted by Crippen LogP contribution is 2.69. The molecule has 214 valence electrons. The lowest BCUT2D eigenvalue weighted by atomic mass is 9.42. The summed E-state index contributed by atoms with van der Waals surface area (Å²) in [6.45, 7) is 16.9. The first-order chi connectivity index (χ1) is 17.2. The molecule has 5 saturated carbocycles. The summed E-state index contributed by atoms with van der Waals surface area (Å²) in [4.78, 5) is 0. The van der Waals surface area contributed by atoms with Crippen molar-refractivity contribution in [1.82, 2.24) is 0 Å². The summed E-state index contributed by atoms with van der Waals surface area (Å²) in [6.07, 6.45) is 19.8. The summed E-state index contributed by atoms with van der Waals surface area (Å²) in [6, 6.07) is 0. The SMILES string of the molecule is CCC1CCC(O)(CC[C@@H](C)[C@H]2CC[C@H]3[C@@H]4CC[C@H]5C[C@](O)(C(C)(C)C)CC[C@]5(C)[C@H]4CC[C@]23C)CC1. The molecule has 0 aromatic carbocycles. The second-order valence-corrected chi connectivity index (χ2v) is 17.0. The van der Waals surface area contributed by atoms with Crippen LogP contribution in [0.25, 0.3) is 0 Å². The Morgan fingerprint density at radius 3 is 2.11 bits per heavy atom. The largest absolute Gasteiger partial charge is 0.390 e. The molecule has 9 atom stereocenters. The van der Waals surface area contributed by atoms with Crippen LogP contribution >= 0.6 is 0 Å². The van der Waals surface area contributed by atoms with E-state index in [9.17, 15) is 10.2 Å². The third-order valence-corrected chi connectivity index (χ3v) is 14.6. The van der Waals surface area contributed by atoms with Crippen molar-refractivity contribution >= 4 is 0 Å². The topological polar surface area (TPSA) is 40.5 Å². The number of rotatable bonds is 5. The van der Waals surface area contributed by atoms with Crippen LogP contribution < -0.4 is 0 Å². The van der Waals surface area contributed by atoms with Gasteiger partial charge in [-0.05, 0) is 154 Å². The van der Waals surface area contributed by atoms with Crippen molar-refractivity contribution in [2.75, 3.05) is 0 Å². The summed E-state index contributed by atoms with van der Waals surface area (Å²) >= 11 is 0. The molecule has 0 unspecified atom stereocenters. The predicted molar refractivity (Wildman–Crippen MR) is 155 cm³/mol. The van der Waals surface area contributed by atoms with Crippen molar-refractivity contribution in [2.45, 2.75) is 162 Å². The van der Waals surface area contributed by atoms with Gasteiger partial charge in [0.05, 0.1) is 11.2 Å². The molecule has 0 aromatic rings. The molecule has 0 aromatic heterocycles. The number of aliphatic hydroxyl groups is 2. The maximum atomic E-state index is 11.6. The zero-order valence-electron chi connectivity index (χ0n) is 25.7. The van der Waals surface area contributed by atoms with Gasteiger partial charge in [-0.3, -0.25) is 0 Å². The minimum absolute atomic E-state index is 0.0202. The molecule has 2 heteroatoms. The predicted octanol–water partition coefficient (Wildman–Crippen LogP) is 9.17. The van der Waals surface area contributed by atoms with Crippen LogP contribution in [0.5, 0.6) is 0 Å². The summed E-state index contributed by atoms with van der Waals surface area (Å²) in [5.74, 6) is 5.83. The lowest BCUT2D eigenvalue weighted by molar-refractivity contribution is -0.179. The Labute approximate surface area is 230 Å². The maximum Gasteiger partial charge on any atom is 0.0698 e. The number of hydrogen-bond acceptors (Lipinski definition) is 2. The normalized spacial score (nSPS) is 51.2. The van der Waals surface area contributed by atoms with Crippen LogP contribution in [-0.4, -0.2) is 21.4 Å². The van der Waals surface area contributed by atoms with Crippen LogP contribution in [0.1, 0.15) is 151 Å². The van der Waals surface area contributed by atoms with Crippen LogP contribution in [0, 0.1) is 57.7 Å². The van der Waals surface area contributed by atoms with Gasteiger partial charge in [0.1, 0.15) is 0 Å². The summed E-state index contributed by atoms with van der Waals surface area (Å²) in [7, 11) is 0. The molecular weight excluding hydrogens is 452 g/mol. The molecule has 2 nitrogen and oxygen atoms in total. The smallest absolute Gasteiger partial charge is 0.0698 e. The second-order valence-electron chi connectivity index (χ2n) is 17.0. The average Bonchev–Trinajstić information content (AvgIpc) is 3.20. The van der Waals surface area contributed by atoms with Crippen LogP contribution in [0.15, 0.2) is 0 Å². The van der Waals surface area contributed by atoms with Gasteiger partial charge < -0.3 is 10.2 Å². The molecule has 37 heavy (non-hydrogen) atoms. The van der Waals surface area contributed by atoms with E-state index in [1.807, 2.05) is 0 Å². The Balaban J connectivity index is 1.24. The Hall–Kier alpha value is -0.0800. The lowest BCUT2D eigenvalue weighted by Crippen LogP contribution is -2.58. The van der Waals surface area contributed by atoms with Gasteiger partial charge in [-0.25, -0.2) is 0 Å². The Morgan fingerprint density at radius 1 is 0.784 bits per heavy atom. The van der Waals surface area contributed by atoms with Gasteiger partial charge in [0, 0.05) is 0 Å². The molecular formula is C35H62O2. The summed E-state index contributed by atoms with van der Waals surface area (Å²) in [5.41, 5.74) is 0.0626. The van der Waals surface area contributed by atoms with Crippen molar-refractivity contribution in [3.8, 4) is 0 Å². The van der Waals surface area contributed by atoms with Crippen LogP contribution in [0.2, 0.25) is 0 Å². The van der Waals surface area contributed by atoms with E-state index in [1.54, 1.807) is 0 Å². The quantitative estimate of drug-likeness (QED) is 0.384. The van der Waals surface area contributed by atoms with E-state index < -0.39 is 5.60 Å². The van der Waals surface area contributed by atoms with Gasteiger partial charge in [-0.2, -0.15) is 0 Å². The minimum atomic E-state index is -0.485. The van der Waals surface area contributed by atoms with Crippen molar-refractivity contribution in [3.63, 3.8) is 0 Å². The van der Waals surface area contributed by atoms with Crippen molar-refractivity contribution in [2.24, 2.45) is 57.7 Å². The highest BCUT2D eigenvalue weighted by molar-refractivity contribution is 5.12. The Bertz CT molecular complexity index is 805. The fourth-order valence-corrected chi connectivity index (χ4v) is 11.5. The Morgan fingerprint density at radius 2 is 1.46 bits per heavy atom. The molecule has 0 heterocycles. The molecule has 2 N–H and O–H groups in total. The summed E-state index contributed by atoms with van der Waals surface area (Å²) in [5, 5.41) is 22.9. The van der Waals surface area contributed by atoms with Crippen molar-refractivity contribution in [1.29, 1.82) is 0 Å². The fourth-order valence-electron chi connectivity index (χ4n) is 11.5. The molecule has 5 fully saturated rings. The first-order valence-electron chi connectivity index (χ1n) is 16.7. The first kappa shape index (κ1) is 28.4. The third kappa shape index (κ3) is 4.79. The average molecular weight is 515 g/mol. The maximum absolute atomic E-state index is 11.6. The minimum Gasteiger partial charge on any atom is -0.390 e. The molecule has 5 aliphatic carbocycles. The van der Waals surface area contributed by atoms with Gasteiger partial charge in [0.15, 0.2) is 0 Å². The van der Waals surface area contributed by atoms with E-state index in [-0.39, 0.29) is 11.0 Å². The zero-order chi connectivity index (χ0) is 26.9. The molecule has 0 spiro atoms. The van der Waals surface area contributed by atoms with Crippen LogP contribution in [-0.2, 0) is 0 Å². The molecule has 5 aliphatic rings. The van der Waals surface area contributed by atoms with Gasteiger partial charge in [0.25, 0.3) is 0 Å². The standard InChI is InChI=1S/C35H62O2/c1-8-25-14-19-34(36,20-15-25)18-13-24(2)28-11-12-29-27-10-9-26-23-35(37,31(3,4)5)22-21-32(26,6)30(27)16-17-33(28,29)7/h24-30,36-37H,8-23H2,1-7H3/t24-,25?,26+,27+,28-,29+,30+,32+,33-,34?,35+/m1/s1. The molecule has 0 bridgehead atoms. The molecule has 0 radical (unpaired) electrons. The van der Waals surface area contributed by atoms with Crippen LogP contribution in [0.4, 0.5) is 0 Å². The fraction of sp³-hybridized carbons (Fsp3) is 1.00. The van der Waals surface area contributed by atoms with E-state index in [0.717, 1.165) is 67.6 Å². The zero-order valence-corrected chi connectivity index (χ0v) is 25.7. The highest BCUT2D eigenvalue weighted by Gasteiger charge is 2.62. The van der Waals surface area contributed by atoms with Crippen molar-refractivity contribution in [3.05, 3.63) is 0 Å². The number of fused-ring (bicyclic) bond motifs is 5. The van der Waals surface area contributed by atoms with Gasteiger partial charge >= 0.3 is 0 Å². The number of hydrogen-bond donors (Lipinski definition) is 2. The third-order valence-electron chi connectivity index (χ3n) is 14.6. The Kier molecular flexibility index (Phi) is 7.52. The second kappa shape index (κ2) is 9.78. The summed E-state index contributed by atoms with van der Waals surface area (Å²) < 4.78 is 0. The van der Waals surface area contributed by atoms with Gasteiger partial charge in [-0.15, -0.1) is 0 Å². The van der Waals surface area contributed by atoms with Crippen molar-refractivity contribution < 1.29 is 10.2 Å². The monoisotopic (exact) mass is 514 g/mol. The van der Waals surface area contributed by atoms with E-state index >= 15 is 0 Å². The molecule has 0 saturated heterocycles. The van der Waals surface area contributed by atoms with Crippen LogP contribution in [0.3, 0.4) is 0 Å². The van der Waals surface area contributed by atoms with Gasteiger partial charge in [-0.1, -0.05) is 54.9 Å². The van der Waals surface area contributed by atoms with E-state index in [0.29, 0.717) is 16.7 Å². The molecule has 0 aliphatic heterocycles. The van der Waals surface area contributed by atoms with E-state index in [1.165, 1.54) is 70.6 Å². The highest BCUT2D eigenvalue weighted by atomic mass is 16.3. The first-order valence-corrected chi connectivity index (χ1v) is 16.7. The van der Waals surface area contributed by atoms with Gasteiger partial charge in [0.2, 0.25) is 0 Å². The lowest BCUT2D eigenvalue weighted by Gasteiger charge is -2.63. The molecule has 5 rings (SSSR count). The molecule has 0 amide bonds. The van der Waals surface area contributed by atoms with E-state index in [2.05, 4.69) is 48.5 Å². The van der Waals surface area contributed by atoms with E-state index in [4.69, 9.17) is 0 Å².